The van der Waals surface area contributed by atoms with E-state index in [1.165, 1.54) is 25.9 Å². The van der Waals surface area contributed by atoms with Gasteiger partial charge < -0.3 is 5.73 Å². The fraction of sp³-hybridized carbons (Fsp3) is 1.00. The largest absolute Gasteiger partial charge is 0.326 e. The number of hydrogen-bond acceptors (Lipinski definition) is 2. The topological polar surface area (TPSA) is 29.3 Å². The molecule has 3 aliphatic heterocycles. The highest BCUT2D eigenvalue weighted by Crippen LogP contribution is 2.37. The van der Waals surface area contributed by atoms with Crippen LogP contribution in [0.5, 0.6) is 0 Å². The molecule has 3 fully saturated rings. The molecular weight excluding hydrogens is 136 g/mol. The van der Waals surface area contributed by atoms with Crippen LogP contribution in [0.3, 0.4) is 0 Å². The normalized spacial score (nSPS) is 47.7. The molecule has 0 aromatic carbocycles. The van der Waals surface area contributed by atoms with Crippen molar-refractivity contribution < 1.29 is 0 Å². The summed E-state index contributed by atoms with van der Waals surface area (Å²) in [5, 5.41) is 0. The van der Waals surface area contributed by atoms with E-state index in [9.17, 15) is 0 Å². The fourth-order valence-electron chi connectivity index (χ4n) is 2.62. The molecule has 11 heavy (non-hydrogen) atoms. The van der Waals surface area contributed by atoms with E-state index in [0.717, 1.165) is 5.92 Å². The summed E-state index contributed by atoms with van der Waals surface area (Å²) in [4.78, 5) is 2.54. The Hall–Kier alpha value is -0.0800. The third kappa shape index (κ3) is 0.926. The van der Waals surface area contributed by atoms with E-state index in [1.54, 1.807) is 0 Å². The number of hydrogen-bond donors (Lipinski definition) is 1. The number of nitrogens with zero attached hydrogens (tertiary/aromatic N) is 1. The minimum Gasteiger partial charge on any atom is -0.326 e. The van der Waals surface area contributed by atoms with Gasteiger partial charge in [-0.25, -0.2) is 0 Å². The Morgan fingerprint density at radius 1 is 1.27 bits per heavy atom. The molecule has 3 aliphatic rings. The maximum absolute atomic E-state index is 6.16. The minimum atomic E-state index is 0.265. The molecule has 3 rings (SSSR count). The standard InChI is InChI=1S/C9H18N2/c1-9(2)8(10)7-3-5-11(9)6-4-7/h7-8H,3-6,10H2,1-2H3. The number of piperidine rings is 3. The molecule has 0 radical (unpaired) electrons. The first-order valence-electron chi connectivity index (χ1n) is 4.63. The first kappa shape index (κ1) is 7.56. The van der Waals surface area contributed by atoms with Crippen molar-refractivity contribution >= 4 is 0 Å². The van der Waals surface area contributed by atoms with Gasteiger partial charge in [0.1, 0.15) is 0 Å². The second kappa shape index (κ2) is 2.20. The quantitative estimate of drug-likeness (QED) is 0.559. The molecule has 0 saturated carbocycles. The van der Waals surface area contributed by atoms with Crippen LogP contribution in [0.4, 0.5) is 0 Å². The molecule has 0 spiro atoms. The van der Waals surface area contributed by atoms with Crippen molar-refractivity contribution in [2.75, 3.05) is 13.1 Å². The van der Waals surface area contributed by atoms with E-state index in [2.05, 4.69) is 18.7 Å². The van der Waals surface area contributed by atoms with Gasteiger partial charge in [0, 0.05) is 11.6 Å². The van der Waals surface area contributed by atoms with Gasteiger partial charge in [0.25, 0.3) is 0 Å². The van der Waals surface area contributed by atoms with Crippen molar-refractivity contribution in [2.24, 2.45) is 11.7 Å². The van der Waals surface area contributed by atoms with Crippen molar-refractivity contribution in [2.45, 2.75) is 38.3 Å². The van der Waals surface area contributed by atoms with Gasteiger partial charge in [0.05, 0.1) is 0 Å². The lowest BCUT2D eigenvalue weighted by atomic mass is 9.72. The summed E-state index contributed by atoms with van der Waals surface area (Å²) in [6.45, 7) is 7.10. The van der Waals surface area contributed by atoms with Crippen molar-refractivity contribution in [1.29, 1.82) is 0 Å². The zero-order chi connectivity index (χ0) is 8.06. The molecule has 2 heteroatoms. The third-order valence-corrected chi connectivity index (χ3v) is 3.68. The minimum absolute atomic E-state index is 0.265. The van der Waals surface area contributed by atoms with Crippen LogP contribution in [0.25, 0.3) is 0 Å². The van der Waals surface area contributed by atoms with Crippen LogP contribution in [0, 0.1) is 5.92 Å². The first-order valence-corrected chi connectivity index (χ1v) is 4.63. The summed E-state index contributed by atoms with van der Waals surface area (Å²) in [6.07, 6.45) is 2.65. The van der Waals surface area contributed by atoms with Gasteiger partial charge in [-0.2, -0.15) is 0 Å². The van der Waals surface area contributed by atoms with E-state index in [0.29, 0.717) is 6.04 Å². The monoisotopic (exact) mass is 154 g/mol. The Labute approximate surface area is 68.7 Å². The summed E-state index contributed by atoms with van der Waals surface area (Å²) in [5.74, 6) is 0.801. The van der Waals surface area contributed by atoms with Crippen molar-refractivity contribution in [3.63, 3.8) is 0 Å². The Morgan fingerprint density at radius 2 is 1.82 bits per heavy atom. The van der Waals surface area contributed by atoms with Gasteiger partial charge in [0.15, 0.2) is 0 Å². The van der Waals surface area contributed by atoms with Crippen LogP contribution < -0.4 is 5.73 Å². The average molecular weight is 154 g/mol. The molecule has 1 atom stereocenters. The van der Waals surface area contributed by atoms with Crippen LogP contribution in [-0.2, 0) is 0 Å². The smallest absolute Gasteiger partial charge is 0.0306 e. The Kier molecular flexibility index (Phi) is 1.52. The van der Waals surface area contributed by atoms with Gasteiger partial charge in [0.2, 0.25) is 0 Å². The lowest BCUT2D eigenvalue weighted by Crippen LogP contribution is -2.67. The summed E-state index contributed by atoms with van der Waals surface area (Å²) < 4.78 is 0. The van der Waals surface area contributed by atoms with Crippen LogP contribution in [0.2, 0.25) is 0 Å². The molecule has 2 N–H and O–H groups in total. The summed E-state index contributed by atoms with van der Waals surface area (Å²) in [5.41, 5.74) is 6.42. The molecule has 1 unspecified atom stereocenters. The maximum atomic E-state index is 6.16. The predicted octanol–water partition coefficient (Wildman–Crippen LogP) is 0.818. The number of fused-ring (bicyclic) bond motifs is 3. The Bertz CT molecular complexity index is 153. The zero-order valence-corrected chi connectivity index (χ0v) is 7.51. The van der Waals surface area contributed by atoms with Gasteiger partial charge in [-0.15, -0.1) is 0 Å². The average Bonchev–Trinajstić information content (AvgIpc) is 2.01. The highest BCUT2D eigenvalue weighted by atomic mass is 15.2. The molecule has 3 saturated heterocycles. The van der Waals surface area contributed by atoms with E-state index in [1.807, 2.05) is 0 Å². The molecule has 2 nitrogen and oxygen atoms in total. The summed E-state index contributed by atoms with van der Waals surface area (Å²) in [6, 6.07) is 0.407. The van der Waals surface area contributed by atoms with E-state index in [-0.39, 0.29) is 5.54 Å². The highest BCUT2D eigenvalue weighted by Gasteiger charge is 2.45. The maximum Gasteiger partial charge on any atom is 0.0306 e. The second-order valence-corrected chi connectivity index (χ2v) is 4.50. The first-order chi connectivity index (χ1) is 5.12. The van der Waals surface area contributed by atoms with Crippen LogP contribution in [0.15, 0.2) is 0 Å². The molecule has 0 aliphatic carbocycles. The van der Waals surface area contributed by atoms with Gasteiger partial charge in [-0.05, 0) is 45.7 Å². The number of rotatable bonds is 0. The van der Waals surface area contributed by atoms with Gasteiger partial charge in [-0.1, -0.05) is 0 Å². The van der Waals surface area contributed by atoms with E-state index in [4.69, 9.17) is 5.73 Å². The fourth-order valence-corrected chi connectivity index (χ4v) is 2.62. The third-order valence-electron chi connectivity index (χ3n) is 3.68. The second-order valence-electron chi connectivity index (χ2n) is 4.50. The van der Waals surface area contributed by atoms with Crippen molar-refractivity contribution in [3.8, 4) is 0 Å². The summed E-state index contributed by atoms with van der Waals surface area (Å²) >= 11 is 0. The number of nitrogens with two attached hydrogens (primary N) is 1. The van der Waals surface area contributed by atoms with E-state index < -0.39 is 0 Å². The molecule has 64 valence electrons. The van der Waals surface area contributed by atoms with Gasteiger partial charge >= 0.3 is 0 Å². The lowest BCUT2D eigenvalue weighted by Gasteiger charge is -2.55. The van der Waals surface area contributed by atoms with Crippen molar-refractivity contribution in [1.82, 2.24) is 4.90 Å². The lowest BCUT2D eigenvalue weighted by molar-refractivity contribution is -0.0263. The van der Waals surface area contributed by atoms with Crippen LogP contribution >= 0.6 is 0 Å². The molecule has 0 aromatic rings. The molecule has 0 aromatic heterocycles. The van der Waals surface area contributed by atoms with Gasteiger partial charge in [-0.3, -0.25) is 4.90 Å². The van der Waals surface area contributed by atoms with Crippen LogP contribution in [-0.4, -0.2) is 29.6 Å². The SMILES string of the molecule is CC1(C)C(N)C2CCN1CC2. The molecule has 2 bridgehead atoms. The van der Waals surface area contributed by atoms with E-state index >= 15 is 0 Å². The zero-order valence-electron chi connectivity index (χ0n) is 7.51. The molecule has 3 heterocycles. The Balaban J connectivity index is 2.23. The summed E-state index contributed by atoms with van der Waals surface area (Å²) in [7, 11) is 0. The van der Waals surface area contributed by atoms with Crippen molar-refractivity contribution in [3.05, 3.63) is 0 Å². The molecular formula is C9H18N2. The van der Waals surface area contributed by atoms with Crippen LogP contribution in [0.1, 0.15) is 26.7 Å². The highest BCUT2D eigenvalue weighted by molar-refractivity contribution is 5.03. The predicted molar refractivity (Wildman–Crippen MR) is 46.4 cm³/mol. The Morgan fingerprint density at radius 3 is 2.09 bits per heavy atom. The molecule has 0 amide bonds.